The summed E-state index contributed by atoms with van der Waals surface area (Å²) in [5.74, 6) is 1.23. The third kappa shape index (κ3) is 4.84. The third-order valence-corrected chi connectivity index (χ3v) is 7.52. The van der Waals surface area contributed by atoms with Crippen molar-refractivity contribution in [1.82, 2.24) is 20.5 Å². The lowest BCUT2D eigenvalue weighted by molar-refractivity contribution is -0.140. The van der Waals surface area contributed by atoms with Crippen LogP contribution in [-0.2, 0) is 16.0 Å². The number of allylic oxidation sites excluding steroid dienone is 2. The third-order valence-electron chi connectivity index (χ3n) is 6.49. The largest absolute Gasteiger partial charge is 0.357 e. The minimum atomic E-state index is -0.0988. The topological polar surface area (TPSA) is 86.7 Å². The van der Waals surface area contributed by atoms with Gasteiger partial charge in [0, 0.05) is 37.3 Å². The van der Waals surface area contributed by atoms with E-state index in [2.05, 4.69) is 38.1 Å². The van der Waals surface area contributed by atoms with Gasteiger partial charge < -0.3 is 10.6 Å². The monoisotopic (exact) mass is 443 g/mol. The lowest BCUT2D eigenvalue weighted by Crippen LogP contribution is -2.38. The second-order valence-electron chi connectivity index (χ2n) is 8.71. The Hall–Kier alpha value is -2.22. The minimum Gasteiger partial charge on any atom is -0.357 e. The molecular formula is C23H33N5O2S. The van der Waals surface area contributed by atoms with Crippen molar-refractivity contribution in [2.24, 2.45) is 28.7 Å². The molecule has 3 aliphatic rings. The van der Waals surface area contributed by atoms with Crippen molar-refractivity contribution in [3.8, 4) is 0 Å². The first-order valence-electron chi connectivity index (χ1n) is 11.5. The molecule has 0 radical (unpaired) electrons. The molecule has 2 heterocycles. The Balaban J connectivity index is 1.17. The van der Waals surface area contributed by atoms with E-state index in [1.807, 2.05) is 13.8 Å². The number of hydrogen-bond donors (Lipinski definition) is 2. The Labute approximate surface area is 188 Å². The van der Waals surface area contributed by atoms with Gasteiger partial charge in [-0.1, -0.05) is 12.2 Å². The van der Waals surface area contributed by atoms with Gasteiger partial charge in [-0.3, -0.25) is 19.5 Å². The molecule has 31 heavy (non-hydrogen) atoms. The van der Waals surface area contributed by atoms with Gasteiger partial charge in [-0.2, -0.15) is 0 Å². The van der Waals surface area contributed by atoms with Crippen molar-refractivity contribution in [3.63, 3.8) is 0 Å². The average molecular weight is 444 g/mol. The summed E-state index contributed by atoms with van der Waals surface area (Å²) in [5, 5.41) is 9.95. The highest BCUT2D eigenvalue weighted by atomic mass is 32.1. The van der Waals surface area contributed by atoms with Gasteiger partial charge in [-0.05, 0) is 57.8 Å². The molecule has 1 saturated carbocycles. The van der Waals surface area contributed by atoms with Crippen LogP contribution in [0.5, 0.6) is 0 Å². The molecule has 2 fully saturated rings. The van der Waals surface area contributed by atoms with Gasteiger partial charge >= 0.3 is 0 Å². The molecular weight excluding hydrogens is 410 g/mol. The second kappa shape index (κ2) is 9.94. The molecule has 1 aromatic rings. The number of fused-ring (bicyclic) bond motifs is 5. The number of thiazole rings is 1. The van der Waals surface area contributed by atoms with Gasteiger partial charge in [0.05, 0.1) is 16.8 Å². The maximum atomic E-state index is 12.7. The first kappa shape index (κ1) is 22.0. The SMILES string of the molecule is CCNC(=NCCCN1C(=O)C2C3C=CC(C3)C2C1=O)NCCCCc1nc(C)cs1. The summed E-state index contributed by atoms with van der Waals surface area (Å²) in [6, 6.07) is 0. The van der Waals surface area contributed by atoms with Crippen molar-refractivity contribution in [2.45, 2.75) is 46.0 Å². The van der Waals surface area contributed by atoms with Crippen LogP contribution in [0.2, 0.25) is 0 Å². The molecule has 1 saturated heterocycles. The maximum Gasteiger partial charge on any atom is 0.233 e. The number of aromatic nitrogens is 1. The number of aryl methyl sites for hydroxylation is 2. The number of likely N-dealkylation sites (tertiary alicyclic amines) is 1. The highest BCUT2D eigenvalue weighted by molar-refractivity contribution is 7.09. The van der Waals surface area contributed by atoms with Crippen LogP contribution >= 0.6 is 11.3 Å². The number of amides is 2. The van der Waals surface area contributed by atoms with E-state index in [1.54, 1.807) is 11.3 Å². The summed E-state index contributed by atoms with van der Waals surface area (Å²) in [6.07, 6.45) is 9.11. The smallest absolute Gasteiger partial charge is 0.233 e. The van der Waals surface area contributed by atoms with Crippen LogP contribution in [0.25, 0.3) is 0 Å². The van der Waals surface area contributed by atoms with Crippen LogP contribution in [0.15, 0.2) is 22.5 Å². The van der Waals surface area contributed by atoms with Crippen LogP contribution in [0.3, 0.4) is 0 Å². The molecule has 1 aliphatic heterocycles. The minimum absolute atomic E-state index is 0.0382. The van der Waals surface area contributed by atoms with Crippen LogP contribution in [0.4, 0.5) is 0 Å². The molecule has 7 nitrogen and oxygen atoms in total. The number of unbranched alkanes of at least 4 members (excludes halogenated alkanes) is 1. The van der Waals surface area contributed by atoms with E-state index < -0.39 is 0 Å². The fraction of sp³-hybridized carbons (Fsp3) is 0.652. The summed E-state index contributed by atoms with van der Waals surface area (Å²) in [6.45, 7) is 6.80. The van der Waals surface area contributed by atoms with Crippen LogP contribution in [0.1, 0.15) is 43.3 Å². The zero-order chi connectivity index (χ0) is 21.8. The van der Waals surface area contributed by atoms with Crippen molar-refractivity contribution in [2.75, 3.05) is 26.2 Å². The maximum absolute atomic E-state index is 12.7. The molecule has 4 rings (SSSR count). The normalized spacial score (nSPS) is 26.8. The van der Waals surface area contributed by atoms with E-state index in [0.29, 0.717) is 19.5 Å². The second-order valence-corrected chi connectivity index (χ2v) is 9.65. The summed E-state index contributed by atoms with van der Waals surface area (Å²) in [7, 11) is 0. The lowest BCUT2D eigenvalue weighted by atomic mass is 9.85. The van der Waals surface area contributed by atoms with Gasteiger partial charge in [0.15, 0.2) is 5.96 Å². The Kier molecular flexibility index (Phi) is 7.05. The van der Waals surface area contributed by atoms with Crippen LogP contribution in [-0.4, -0.2) is 53.8 Å². The van der Waals surface area contributed by atoms with E-state index in [1.165, 1.54) is 9.91 Å². The number of carbonyl (C=O) groups is 2. The quantitative estimate of drug-likeness (QED) is 0.191. The highest BCUT2D eigenvalue weighted by Gasteiger charge is 2.58. The van der Waals surface area contributed by atoms with E-state index in [9.17, 15) is 9.59 Å². The summed E-state index contributed by atoms with van der Waals surface area (Å²) in [5.41, 5.74) is 1.10. The summed E-state index contributed by atoms with van der Waals surface area (Å²) >= 11 is 1.73. The molecule has 4 atom stereocenters. The Bertz CT molecular complexity index is 834. The molecule has 0 aromatic carbocycles. The number of hydrogen-bond acceptors (Lipinski definition) is 5. The Morgan fingerprint density at radius 3 is 2.55 bits per heavy atom. The first-order valence-corrected chi connectivity index (χ1v) is 12.4. The number of guanidine groups is 1. The number of nitrogens with one attached hydrogen (secondary N) is 2. The molecule has 168 valence electrons. The molecule has 4 unspecified atom stereocenters. The van der Waals surface area contributed by atoms with E-state index in [4.69, 9.17) is 0 Å². The fourth-order valence-corrected chi connectivity index (χ4v) is 5.89. The van der Waals surface area contributed by atoms with Crippen molar-refractivity contribution < 1.29 is 9.59 Å². The number of aliphatic imine (C=N–C) groups is 1. The average Bonchev–Trinajstić information content (AvgIpc) is 3.51. The molecule has 8 heteroatoms. The molecule has 0 spiro atoms. The Morgan fingerprint density at radius 2 is 1.90 bits per heavy atom. The zero-order valence-electron chi connectivity index (χ0n) is 18.5. The molecule has 1 aromatic heterocycles. The fourth-order valence-electron chi connectivity index (χ4n) is 5.07. The predicted molar refractivity (Wildman–Crippen MR) is 123 cm³/mol. The molecule has 2 amide bonds. The van der Waals surface area contributed by atoms with Crippen molar-refractivity contribution >= 4 is 29.1 Å². The van der Waals surface area contributed by atoms with E-state index >= 15 is 0 Å². The summed E-state index contributed by atoms with van der Waals surface area (Å²) < 4.78 is 0. The zero-order valence-corrected chi connectivity index (χ0v) is 19.3. The van der Waals surface area contributed by atoms with Crippen molar-refractivity contribution in [1.29, 1.82) is 0 Å². The first-order chi connectivity index (χ1) is 15.1. The molecule has 2 N–H and O–H groups in total. The molecule has 2 bridgehead atoms. The highest BCUT2D eigenvalue weighted by Crippen LogP contribution is 2.52. The number of imide groups is 1. The van der Waals surface area contributed by atoms with Gasteiger partial charge in [-0.25, -0.2) is 4.98 Å². The van der Waals surface area contributed by atoms with Gasteiger partial charge in [0.2, 0.25) is 11.8 Å². The number of rotatable bonds is 10. The number of carbonyl (C=O) groups excluding carboxylic acids is 2. The predicted octanol–water partition coefficient (Wildman–Crippen LogP) is 2.53. The Morgan fingerprint density at radius 1 is 1.16 bits per heavy atom. The molecule has 2 aliphatic carbocycles. The van der Waals surface area contributed by atoms with Crippen LogP contribution < -0.4 is 10.6 Å². The number of nitrogens with zero attached hydrogens (tertiary/aromatic N) is 3. The summed E-state index contributed by atoms with van der Waals surface area (Å²) in [4.78, 5) is 36.1. The lowest BCUT2D eigenvalue weighted by Gasteiger charge is -2.17. The van der Waals surface area contributed by atoms with Gasteiger partial charge in [0.1, 0.15) is 0 Å². The van der Waals surface area contributed by atoms with Gasteiger partial charge in [0.25, 0.3) is 0 Å². The van der Waals surface area contributed by atoms with E-state index in [0.717, 1.165) is 50.4 Å². The van der Waals surface area contributed by atoms with Crippen LogP contribution in [0, 0.1) is 30.6 Å². The van der Waals surface area contributed by atoms with E-state index in [-0.39, 0.29) is 35.5 Å². The standard InChI is InChI=1S/C23H33N5O2S/c1-3-24-23(25-10-5-4-7-18-27-15(2)14-31-18)26-11-6-12-28-21(29)19-16-8-9-17(13-16)20(19)22(28)30/h8-9,14,16-17,19-20H,3-7,10-13H2,1-2H3,(H2,24,25,26). The van der Waals surface area contributed by atoms with Gasteiger partial charge in [-0.15, -0.1) is 11.3 Å². The van der Waals surface area contributed by atoms with Crippen molar-refractivity contribution in [3.05, 3.63) is 28.2 Å².